The van der Waals surface area contributed by atoms with Crippen LogP contribution in [0.3, 0.4) is 0 Å². The summed E-state index contributed by atoms with van der Waals surface area (Å²) in [5.41, 5.74) is 2.70. The van der Waals surface area contributed by atoms with Crippen molar-refractivity contribution >= 4 is 11.8 Å². The van der Waals surface area contributed by atoms with Crippen LogP contribution in [0.4, 0.5) is 0 Å². The number of allylic oxidation sites excluding steroid dienone is 1. The second-order valence-electron chi connectivity index (χ2n) is 8.89. The van der Waals surface area contributed by atoms with Gasteiger partial charge in [-0.3, -0.25) is 4.79 Å². The molecule has 4 rings (SSSR count). The van der Waals surface area contributed by atoms with Crippen LogP contribution in [0.1, 0.15) is 56.1 Å². The molecule has 0 amide bonds. The lowest BCUT2D eigenvalue weighted by Gasteiger charge is -2.48. The standard InChI is InChI=1S/C24H30O4/c1-24-12-11-19-18-10-8-17(27-2)13-15(18)7-9-20(19)21(24)14-16(23(24)26)5-4-6-22(25)28-3/h4,6,8,10,13,16,19-21H,5,7,9,11-12,14H2,1-3H3/b6-4+/t16-,19-,20-,21+,24+/m1/s1. The molecule has 5 atom stereocenters. The molecule has 4 nitrogen and oxygen atoms in total. The molecule has 0 N–H and O–H groups in total. The predicted octanol–water partition coefficient (Wildman–Crippen LogP) is 4.47. The summed E-state index contributed by atoms with van der Waals surface area (Å²) in [4.78, 5) is 24.6. The van der Waals surface area contributed by atoms with Gasteiger partial charge in [-0.15, -0.1) is 0 Å². The van der Waals surface area contributed by atoms with Gasteiger partial charge in [0, 0.05) is 17.4 Å². The Labute approximate surface area is 167 Å². The van der Waals surface area contributed by atoms with Crippen LogP contribution in [0.5, 0.6) is 5.75 Å². The van der Waals surface area contributed by atoms with Crippen molar-refractivity contribution in [2.45, 2.75) is 51.4 Å². The number of rotatable bonds is 4. The van der Waals surface area contributed by atoms with Crippen molar-refractivity contribution in [3.8, 4) is 5.75 Å². The van der Waals surface area contributed by atoms with Gasteiger partial charge >= 0.3 is 5.97 Å². The number of hydrogen-bond donors (Lipinski definition) is 0. The van der Waals surface area contributed by atoms with E-state index in [9.17, 15) is 9.59 Å². The average Bonchev–Trinajstić information content (AvgIpc) is 2.98. The maximum Gasteiger partial charge on any atom is 0.330 e. The molecule has 0 aromatic heterocycles. The largest absolute Gasteiger partial charge is 0.497 e. The average molecular weight is 383 g/mol. The van der Waals surface area contributed by atoms with Gasteiger partial charge in [0.1, 0.15) is 11.5 Å². The zero-order valence-electron chi connectivity index (χ0n) is 17.1. The number of carbonyl (C=O) groups is 2. The minimum absolute atomic E-state index is 0.0342. The van der Waals surface area contributed by atoms with Crippen LogP contribution in [-0.2, 0) is 20.7 Å². The highest BCUT2D eigenvalue weighted by Gasteiger charge is 2.57. The number of benzene rings is 1. The van der Waals surface area contributed by atoms with E-state index in [0.717, 1.165) is 37.9 Å². The van der Waals surface area contributed by atoms with Crippen LogP contribution >= 0.6 is 0 Å². The molecule has 0 spiro atoms. The normalized spacial score (nSPS) is 33.9. The van der Waals surface area contributed by atoms with Gasteiger partial charge in [0.15, 0.2) is 0 Å². The van der Waals surface area contributed by atoms with E-state index in [-0.39, 0.29) is 17.3 Å². The lowest BCUT2D eigenvalue weighted by Crippen LogP contribution is -2.42. The zero-order chi connectivity index (χ0) is 19.9. The Morgan fingerprint density at radius 1 is 1.29 bits per heavy atom. The number of fused-ring (bicyclic) bond motifs is 5. The van der Waals surface area contributed by atoms with E-state index in [0.29, 0.717) is 30.0 Å². The zero-order valence-corrected chi connectivity index (χ0v) is 17.1. The summed E-state index contributed by atoms with van der Waals surface area (Å²) in [5.74, 6) is 2.62. The first-order chi connectivity index (χ1) is 13.5. The number of hydrogen-bond acceptors (Lipinski definition) is 4. The molecule has 2 saturated carbocycles. The number of ketones is 1. The Morgan fingerprint density at radius 2 is 2.11 bits per heavy atom. The van der Waals surface area contributed by atoms with Crippen molar-refractivity contribution in [3.05, 3.63) is 41.5 Å². The molecule has 0 heterocycles. The summed E-state index contributed by atoms with van der Waals surface area (Å²) in [5, 5.41) is 0. The SMILES string of the molecule is COC(=O)/C=C/C[C@@H]1C[C@H]2[C@@H]3CCc4cc(OC)ccc4[C@H]3CC[C@]2(C)C1=O. The third-order valence-electron chi connectivity index (χ3n) is 7.67. The van der Waals surface area contributed by atoms with Crippen molar-refractivity contribution in [3.63, 3.8) is 0 Å². The number of esters is 1. The monoisotopic (exact) mass is 382 g/mol. The molecular formula is C24H30O4. The van der Waals surface area contributed by atoms with E-state index in [1.165, 1.54) is 24.3 Å². The van der Waals surface area contributed by atoms with Gasteiger partial charge in [-0.1, -0.05) is 19.1 Å². The molecule has 0 radical (unpaired) electrons. The smallest absolute Gasteiger partial charge is 0.330 e. The van der Waals surface area contributed by atoms with Crippen molar-refractivity contribution < 1.29 is 19.1 Å². The van der Waals surface area contributed by atoms with Crippen LogP contribution < -0.4 is 4.74 Å². The van der Waals surface area contributed by atoms with Crippen LogP contribution in [-0.4, -0.2) is 26.0 Å². The molecular weight excluding hydrogens is 352 g/mol. The minimum Gasteiger partial charge on any atom is -0.497 e. The first-order valence-electron chi connectivity index (χ1n) is 10.4. The Hall–Kier alpha value is -2.10. The van der Waals surface area contributed by atoms with E-state index < -0.39 is 0 Å². The van der Waals surface area contributed by atoms with Crippen molar-refractivity contribution in [1.82, 2.24) is 0 Å². The molecule has 4 heteroatoms. The van der Waals surface area contributed by atoms with E-state index in [4.69, 9.17) is 4.74 Å². The molecule has 150 valence electrons. The second-order valence-corrected chi connectivity index (χ2v) is 8.89. The Bertz CT molecular complexity index is 811. The van der Waals surface area contributed by atoms with E-state index in [1.807, 2.05) is 6.08 Å². The fourth-order valence-electron chi connectivity index (χ4n) is 6.23. The highest BCUT2D eigenvalue weighted by molar-refractivity contribution is 5.90. The van der Waals surface area contributed by atoms with E-state index in [2.05, 4.69) is 29.9 Å². The molecule has 0 saturated heterocycles. The van der Waals surface area contributed by atoms with E-state index >= 15 is 0 Å². The number of Topliss-reactive ketones (excluding diaryl/α,β-unsaturated/α-hetero) is 1. The number of aryl methyl sites for hydroxylation is 1. The fraction of sp³-hybridized carbons (Fsp3) is 0.583. The van der Waals surface area contributed by atoms with Gasteiger partial charge in [0.2, 0.25) is 0 Å². The summed E-state index contributed by atoms with van der Waals surface area (Å²) in [6.45, 7) is 2.20. The molecule has 1 aromatic rings. The Morgan fingerprint density at radius 3 is 2.86 bits per heavy atom. The van der Waals surface area contributed by atoms with Gasteiger partial charge in [0.25, 0.3) is 0 Å². The van der Waals surface area contributed by atoms with E-state index in [1.54, 1.807) is 7.11 Å². The van der Waals surface area contributed by atoms with Crippen molar-refractivity contribution in [2.24, 2.45) is 23.2 Å². The molecule has 3 aliphatic carbocycles. The molecule has 0 bridgehead atoms. The van der Waals surface area contributed by atoms with Crippen molar-refractivity contribution in [2.75, 3.05) is 14.2 Å². The van der Waals surface area contributed by atoms with Gasteiger partial charge < -0.3 is 9.47 Å². The van der Waals surface area contributed by atoms with Crippen LogP contribution in [0.15, 0.2) is 30.4 Å². The molecule has 0 unspecified atom stereocenters. The summed E-state index contributed by atoms with van der Waals surface area (Å²) in [7, 11) is 3.10. The molecule has 28 heavy (non-hydrogen) atoms. The summed E-state index contributed by atoms with van der Waals surface area (Å²) in [6.07, 6.45) is 9.15. The Balaban J connectivity index is 1.55. The minimum atomic E-state index is -0.353. The topological polar surface area (TPSA) is 52.6 Å². The van der Waals surface area contributed by atoms with Crippen LogP contribution in [0.2, 0.25) is 0 Å². The molecule has 1 aromatic carbocycles. The molecule has 0 aliphatic heterocycles. The van der Waals surface area contributed by atoms with Gasteiger partial charge in [-0.05, 0) is 79.5 Å². The maximum atomic E-state index is 13.2. The highest BCUT2D eigenvalue weighted by atomic mass is 16.5. The first kappa shape index (κ1) is 19.2. The summed E-state index contributed by atoms with van der Waals surface area (Å²) in [6, 6.07) is 6.52. The maximum absolute atomic E-state index is 13.2. The highest BCUT2D eigenvalue weighted by Crippen LogP contribution is 2.61. The summed E-state index contributed by atoms with van der Waals surface area (Å²) < 4.78 is 10.1. The van der Waals surface area contributed by atoms with Crippen LogP contribution in [0.25, 0.3) is 0 Å². The van der Waals surface area contributed by atoms with Gasteiger partial charge in [0.05, 0.1) is 14.2 Å². The predicted molar refractivity (Wildman–Crippen MR) is 107 cm³/mol. The Kier molecular flexibility index (Phi) is 5.07. The van der Waals surface area contributed by atoms with Gasteiger partial charge in [-0.25, -0.2) is 4.79 Å². The van der Waals surface area contributed by atoms with Gasteiger partial charge in [-0.2, -0.15) is 0 Å². The lowest BCUT2D eigenvalue weighted by molar-refractivity contribution is -0.135. The first-order valence-corrected chi connectivity index (χ1v) is 10.4. The number of methoxy groups -OCH3 is 2. The van der Waals surface area contributed by atoms with Crippen molar-refractivity contribution in [1.29, 1.82) is 0 Å². The molecule has 2 fully saturated rings. The lowest BCUT2D eigenvalue weighted by atomic mass is 9.55. The quantitative estimate of drug-likeness (QED) is 0.570. The fourth-order valence-corrected chi connectivity index (χ4v) is 6.23. The summed E-state index contributed by atoms with van der Waals surface area (Å²) >= 11 is 0. The number of carbonyl (C=O) groups excluding carboxylic acids is 2. The third-order valence-corrected chi connectivity index (χ3v) is 7.67. The number of ether oxygens (including phenoxy) is 2. The molecule has 3 aliphatic rings. The second kappa shape index (κ2) is 7.38. The van der Waals surface area contributed by atoms with Crippen LogP contribution in [0, 0.1) is 23.2 Å². The third kappa shape index (κ3) is 3.07.